The molecule has 1 aromatic carbocycles. The predicted octanol–water partition coefficient (Wildman–Crippen LogP) is 2.59. The average molecular weight is 332 g/mol. The molecule has 0 radical (unpaired) electrons. The van der Waals surface area contributed by atoms with Gasteiger partial charge in [0, 0.05) is 19.3 Å². The van der Waals surface area contributed by atoms with Gasteiger partial charge in [-0.25, -0.2) is 8.42 Å². The summed E-state index contributed by atoms with van der Waals surface area (Å²) >= 11 is 0. The maximum Gasteiger partial charge on any atom is 0.418 e. The molecule has 0 bridgehead atoms. The van der Waals surface area contributed by atoms with Crippen LogP contribution in [-0.2, 0) is 16.0 Å². The minimum atomic E-state index is -4.55. The van der Waals surface area contributed by atoms with E-state index in [0.717, 1.165) is 18.4 Å². The summed E-state index contributed by atoms with van der Waals surface area (Å²) in [6, 6.07) is 4.98. The fourth-order valence-electron chi connectivity index (χ4n) is 2.61. The largest absolute Gasteiger partial charge is 0.418 e. The van der Waals surface area contributed by atoms with E-state index in [4.69, 9.17) is 5.26 Å². The van der Waals surface area contributed by atoms with Crippen LogP contribution in [0.4, 0.5) is 18.9 Å². The van der Waals surface area contributed by atoms with E-state index in [2.05, 4.69) is 0 Å². The highest BCUT2D eigenvalue weighted by Gasteiger charge is 2.37. The molecule has 1 aliphatic heterocycles. The Bertz CT molecular complexity index is 708. The standard InChI is InChI=1S/C14H15F3N2O2S/c1-22(20,21)11-3-2-6-19(9-11)13-7-10(8-18)4-5-12(13)14(15,16)17/h4-5,7,11H,2-3,6,9H2,1H3/t11-/m0/s1. The number of halogens is 3. The maximum absolute atomic E-state index is 13.1. The van der Waals surface area contributed by atoms with Crippen LogP contribution in [0.3, 0.4) is 0 Å². The van der Waals surface area contributed by atoms with Crippen molar-refractivity contribution in [1.82, 2.24) is 0 Å². The third kappa shape index (κ3) is 3.53. The number of anilines is 1. The molecule has 22 heavy (non-hydrogen) atoms. The summed E-state index contributed by atoms with van der Waals surface area (Å²) in [7, 11) is -3.32. The summed E-state index contributed by atoms with van der Waals surface area (Å²) in [5.74, 6) is 0. The van der Waals surface area contributed by atoms with Gasteiger partial charge in [0.1, 0.15) is 0 Å². The number of nitriles is 1. The quantitative estimate of drug-likeness (QED) is 0.835. The lowest BCUT2D eigenvalue weighted by Gasteiger charge is -2.35. The smallest absolute Gasteiger partial charge is 0.370 e. The van der Waals surface area contributed by atoms with Gasteiger partial charge in [0.05, 0.1) is 28.1 Å². The molecule has 0 amide bonds. The van der Waals surface area contributed by atoms with Crippen LogP contribution < -0.4 is 4.90 Å². The Morgan fingerprint density at radius 1 is 1.36 bits per heavy atom. The van der Waals surface area contributed by atoms with E-state index >= 15 is 0 Å². The first-order valence-corrected chi connectivity index (χ1v) is 8.63. The predicted molar refractivity (Wildman–Crippen MR) is 76.2 cm³/mol. The minimum absolute atomic E-state index is 0.0107. The molecule has 1 atom stereocenters. The third-order valence-corrected chi connectivity index (χ3v) is 5.35. The Labute approximate surface area is 127 Å². The summed E-state index contributed by atoms with van der Waals surface area (Å²) < 4.78 is 62.8. The van der Waals surface area contributed by atoms with Crippen molar-refractivity contribution in [2.45, 2.75) is 24.3 Å². The molecule has 0 spiro atoms. The molecule has 0 aliphatic carbocycles. The number of hydrogen-bond donors (Lipinski definition) is 0. The monoisotopic (exact) mass is 332 g/mol. The second kappa shape index (κ2) is 5.80. The highest BCUT2D eigenvalue weighted by molar-refractivity contribution is 7.91. The van der Waals surface area contributed by atoms with Gasteiger partial charge in [-0.2, -0.15) is 18.4 Å². The number of rotatable bonds is 2. The summed E-state index contributed by atoms with van der Waals surface area (Å²) in [4.78, 5) is 1.42. The fourth-order valence-corrected chi connectivity index (χ4v) is 3.65. The first kappa shape index (κ1) is 16.6. The van der Waals surface area contributed by atoms with E-state index < -0.39 is 26.8 Å². The highest BCUT2D eigenvalue weighted by atomic mass is 32.2. The lowest BCUT2D eigenvalue weighted by atomic mass is 10.0. The summed E-state index contributed by atoms with van der Waals surface area (Å²) in [5.41, 5.74) is -0.856. The van der Waals surface area contributed by atoms with Crippen molar-refractivity contribution in [2.24, 2.45) is 0 Å². The van der Waals surface area contributed by atoms with Crippen LogP contribution in [0.25, 0.3) is 0 Å². The topological polar surface area (TPSA) is 61.2 Å². The molecule has 0 saturated carbocycles. The van der Waals surface area contributed by atoms with Crippen molar-refractivity contribution in [3.8, 4) is 6.07 Å². The molecule has 4 nitrogen and oxygen atoms in total. The molecule has 0 N–H and O–H groups in total. The van der Waals surface area contributed by atoms with Gasteiger partial charge in [-0.05, 0) is 31.0 Å². The Balaban J connectivity index is 2.44. The van der Waals surface area contributed by atoms with Gasteiger partial charge in [-0.15, -0.1) is 0 Å². The third-order valence-electron chi connectivity index (χ3n) is 3.76. The van der Waals surface area contributed by atoms with Crippen molar-refractivity contribution in [3.63, 3.8) is 0 Å². The first-order valence-electron chi connectivity index (χ1n) is 6.68. The molecule has 120 valence electrons. The van der Waals surface area contributed by atoms with Crippen molar-refractivity contribution < 1.29 is 21.6 Å². The van der Waals surface area contributed by atoms with Crippen LogP contribution in [0, 0.1) is 11.3 Å². The van der Waals surface area contributed by atoms with Crippen LogP contribution in [0.1, 0.15) is 24.0 Å². The molecule has 1 fully saturated rings. The fraction of sp³-hybridized carbons (Fsp3) is 0.500. The van der Waals surface area contributed by atoms with Gasteiger partial charge in [-0.1, -0.05) is 0 Å². The molecular weight excluding hydrogens is 317 g/mol. The Morgan fingerprint density at radius 3 is 2.59 bits per heavy atom. The molecule has 0 aromatic heterocycles. The van der Waals surface area contributed by atoms with Crippen molar-refractivity contribution in [2.75, 3.05) is 24.2 Å². The van der Waals surface area contributed by atoms with E-state index in [-0.39, 0.29) is 17.8 Å². The normalized spacial score (nSPS) is 19.8. The van der Waals surface area contributed by atoms with E-state index in [1.807, 2.05) is 6.07 Å². The van der Waals surface area contributed by atoms with Crippen molar-refractivity contribution >= 4 is 15.5 Å². The van der Waals surface area contributed by atoms with Gasteiger partial charge < -0.3 is 4.90 Å². The van der Waals surface area contributed by atoms with Gasteiger partial charge in [0.25, 0.3) is 0 Å². The summed E-state index contributed by atoms with van der Waals surface area (Å²) in [6.07, 6.45) is -2.53. The second-order valence-electron chi connectivity index (χ2n) is 5.38. The molecule has 0 unspecified atom stereocenters. The molecule has 1 saturated heterocycles. The number of piperidine rings is 1. The second-order valence-corrected chi connectivity index (χ2v) is 7.71. The van der Waals surface area contributed by atoms with Crippen LogP contribution in [-0.4, -0.2) is 33.0 Å². The van der Waals surface area contributed by atoms with Gasteiger partial charge in [0.15, 0.2) is 9.84 Å². The number of sulfone groups is 1. The van der Waals surface area contributed by atoms with Crippen LogP contribution in [0.5, 0.6) is 0 Å². The van der Waals surface area contributed by atoms with Gasteiger partial charge in [0.2, 0.25) is 0 Å². The number of hydrogen-bond acceptors (Lipinski definition) is 4. The molecule has 8 heteroatoms. The Morgan fingerprint density at radius 2 is 2.05 bits per heavy atom. The molecule has 1 heterocycles. The average Bonchev–Trinajstić information content (AvgIpc) is 2.45. The van der Waals surface area contributed by atoms with Crippen molar-refractivity contribution in [3.05, 3.63) is 29.3 Å². The summed E-state index contributed by atoms with van der Waals surface area (Å²) in [5, 5.41) is 8.20. The van der Waals surface area contributed by atoms with Gasteiger partial charge >= 0.3 is 6.18 Å². The number of alkyl halides is 3. The van der Waals surface area contributed by atoms with Crippen LogP contribution in [0.2, 0.25) is 0 Å². The lowest BCUT2D eigenvalue weighted by Crippen LogP contribution is -2.42. The van der Waals surface area contributed by atoms with E-state index in [9.17, 15) is 21.6 Å². The Kier molecular flexibility index (Phi) is 4.38. The lowest BCUT2D eigenvalue weighted by molar-refractivity contribution is -0.137. The first-order chi connectivity index (χ1) is 10.1. The van der Waals surface area contributed by atoms with Crippen LogP contribution in [0.15, 0.2) is 18.2 Å². The Hall–Kier alpha value is -1.75. The number of benzene rings is 1. The molecular formula is C14H15F3N2O2S. The van der Waals surface area contributed by atoms with E-state index in [0.29, 0.717) is 19.4 Å². The summed E-state index contributed by atoms with van der Waals surface area (Å²) in [6.45, 7) is 0.348. The van der Waals surface area contributed by atoms with Crippen LogP contribution >= 0.6 is 0 Å². The molecule has 1 aromatic rings. The molecule has 1 aliphatic rings. The zero-order chi connectivity index (χ0) is 16.5. The highest BCUT2D eigenvalue weighted by Crippen LogP contribution is 2.38. The zero-order valence-corrected chi connectivity index (χ0v) is 12.7. The molecule has 2 rings (SSSR count). The van der Waals surface area contributed by atoms with Gasteiger partial charge in [-0.3, -0.25) is 0 Å². The van der Waals surface area contributed by atoms with E-state index in [1.165, 1.54) is 11.0 Å². The SMILES string of the molecule is CS(=O)(=O)[C@H]1CCCN(c2cc(C#N)ccc2C(F)(F)F)C1. The van der Waals surface area contributed by atoms with Crippen molar-refractivity contribution in [1.29, 1.82) is 5.26 Å². The van der Waals surface area contributed by atoms with E-state index in [1.54, 1.807) is 0 Å². The zero-order valence-electron chi connectivity index (χ0n) is 11.9. The maximum atomic E-state index is 13.1. The minimum Gasteiger partial charge on any atom is -0.370 e. The number of nitrogens with zero attached hydrogens (tertiary/aromatic N) is 2.